The number of benzene rings is 2. The van der Waals surface area contributed by atoms with Crippen molar-refractivity contribution in [3.05, 3.63) is 58.6 Å². The Bertz CT molecular complexity index is 920. The first-order chi connectivity index (χ1) is 12.0. The molecule has 9 heteroatoms. The Hall–Kier alpha value is -1.84. The van der Waals surface area contributed by atoms with E-state index in [4.69, 9.17) is 0 Å². The number of hydrogen-bond acceptors (Lipinski definition) is 5. The van der Waals surface area contributed by atoms with E-state index >= 15 is 0 Å². The molecule has 0 aliphatic carbocycles. The molecule has 0 aliphatic rings. The van der Waals surface area contributed by atoms with Crippen LogP contribution in [0.5, 0.6) is 0 Å². The number of anilines is 1. The molecule has 0 radical (unpaired) electrons. The summed E-state index contributed by atoms with van der Waals surface area (Å²) in [6.45, 7) is 0. The first-order valence-electron chi connectivity index (χ1n) is 6.99. The molecule has 0 fully saturated rings. The van der Waals surface area contributed by atoms with Crippen LogP contribution >= 0.6 is 39.2 Å². The third kappa shape index (κ3) is 4.42. The Morgan fingerprint density at radius 1 is 1.24 bits per heavy atom. The van der Waals surface area contributed by atoms with Gasteiger partial charge >= 0.3 is 0 Å². The van der Waals surface area contributed by atoms with Gasteiger partial charge < -0.3 is 5.32 Å². The molecule has 1 aromatic heterocycles. The topological polar surface area (TPSA) is 54.9 Å². The SMILES string of the molecule is O=C(CSc1snnc1-c1ccc(F)cc1F)Nc1ccccc1Br. The van der Waals surface area contributed by atoms with Gasteiger partial charge in [-0.15, -0.1) is 16.9 Å². The normalized spacial score (nSPS) is 10.7. The predicted octanol–water partition coefficient (Wildman–Crippen LogP) is 4.98. The van der Waals surface area contributed by atoms with Gasteiger partial charge in [0.25, 0.3) is 0 Å². The molecule has 4 nitrogen and oxygen atoms in total. The van der Waals surface area contributed by atoms with E-state index in [1.54, 1.807) is 6.07 Å². The lowest BCUT2D eigenvalue weighted by atomic mass is 10.1. The highest BCUT2D eigenvalue weighted by Gasteiger charge is 2.17. The molecule has 1 heterocycles. The van der Waals surface area contributed by atoms with Crippen LogP contribution < -0.4 is 5.32 Å². The molecule has 0 saturated carbocycles. The van der Waals surface area contributed by atoms with Crippen LogP contribution in [0, 0.1) is 11.6 Å². The van der Waals surface area contributed by atoms with Crippen molar-refractivity contribution in [1.82, 2.24) is 9.59 Å². The van der Waals surface area contributed by atoms with Gasteiger partial charge in [0.1, 0.15) is 21.5 Å². The number of nitrogens with zero attached hydrogens (tertiary/aromatic N) is 2. The number of hydrogen-bond donors (Lipinski definition) is 1. The van der Waals surface area contributed by atoms with Crippen molar-refractivity contribution in [3.8, 4) is 11.3 Å². The lowest BCUT2D eigenvalue weighted by molar-refractivity contribution is -0.113. The molecular formula is C16H10BrF2N3OS2. The van der Waals surface area contributed by atoms with Crippen molar-refractivity contribution in [2.24, 2.45) is 0 Å². The van der Waals surface area contributed by atoms with Crippen LogP contribution in [0.4, 0.5) is 14.5 Å². The first kappa shape index (κ1) is 18.0. The quantitative estimate of drug-likeness (QED) is 0.567. The van der Waals surface area contributed by atoms with Gasteiger partial charge in [0.2, 0.25) is 5.91 Å². The molecule has 0 saturated heterocycles. The summed E-state index contributed by atoms with van der Waals surface area (Å²) in [5, 5.41) is 6.68. The molecule has 0 unspecified atom stereocenters. The van der Waals surface area contributed by atoms with Crippen molar-refractivity contribution in [2.75, 3.05) is 11.1 Å². The summed E-state index contributed by atoms with van der Waals surface area (Å²) in [5.74, 6) is -1.48. The van der Waals surface area contributed by atoms with E-state index in [1.807, 2.05) is 18.2 Å². The minimum atomic E-state index is -0.716. The number of rotatable bonds is 5. The Labute approximate surface area is 158 Å². The van der Waals surface area contributed by atoms with Crippen molar-refractivity contribution < 1.29 is 13.6 Å². The minimum Gasteiger partial charge on any atom is -0.324 e. The molecule has 128 valence electrons. The molecule has 3 rings (SSSR count). The summed E-state index contributed by atoms with van der Waals surface area (Å²) in [7, 11) is 0. The molecule has 25 heavy (non-hydrogen) atoms. The van der Waals surface area contributed by atoms with Gasteiger partial charge in [0.05, 0.1) is 11.4 Å². The molecule has 0 atom stereocenters. The van der Waals surface area contributed by atoms with Gasteiger partial charge in [-0.2, -0.15) is 0 Å². The fourth-order valence-corrected chi connectivity index (χ4v) is 3.93. The molecule has 2 aromatic carbocycles. The predicted molar refractivity (Wildman–Crippen MR) is 98.8 cm³/mol. The molecule has 0 spiro atoms. The summed E-state index contributed by atoms with van der Waals surface area (Å²) >= 11 is 5.62. The fourth-order valence-electron chi connectivity index (χ4n) is 2.00. The summed E-state index contributed by atoms with van der Waals surface area (Å²) in [6.07, 6.45) is 0. The smallest absolute Gasteiger partial charge is 0.234 e. The Morgan fingerprint density at radius 2 is 2.04 bits per heavy atom. The average molecular weight is 442 g/mol. The van der Waals surface area contributed by atoms with Gasteiger partial charge in [-0.1, -0.05) is 16.6 Å². The van der Waals surface area contributed by atoms with E-state index in [9.17, 15) is 13.6 Å². The van der Waals surface area contributed by atoms with Crippen molar-refractivity contribution >= 4 is 50.8 Å². The molecular weight excluding hydrogens is 432 g/mol. The number of nitrogens with one attached hydrogen (secondary N) is 1. The van der Waals surface area contributed by atoms with Crippen LogP contribution in [0.25, 0.3) is 11.3 Å². The van der Waals surface area contributed by atoms with Gasteiger partial charge in [-0.3, -0.25) is 4.79 Å². The van der Waals surface area contributed by atoms with Crippen molar-refractivity contribution in [1.29, 1.82) is 0 Å². The fraction of sp³-hybridized carbons (Fsp3) is 0.0625. The maximum atomic E-state index is 13.9. The highest BCUT2D eigenvalue weighted by atomic mass is 79.9. The molecule has 1 N–H and O–H groups in total. The van der Waals surface area contributed by atoms with Crippen LogP contribution in [0.2, 0.25) is 0 Å². The molecule has 3 aromatic rings. The van der Waals surface area contributed by atoms with Crippen LogP contribution in [0.1, 0.15) is 0 Å². The van der Waals surface area contributed by atoms with Gasteiger partial charge in [0, 0.05) is 16.1 Å². The summed E-state index contributed by atoms with van der Waals surface area (Å²) in [5.41, 5.74) is 1.13. The third-order valence-electron chi connectivity index (χ3n) is 3.13. The number of para-hydroxylation sites is 1. The zero-order valence-electron chi connectivity index (χ0n) is 12.5. The summed E-state index contributed by atoms with van der Waals surface area (Å²) in [6, 6.07) is 10.5. The van der Waals surface area contributed by atoms with E-state index in [0.717, 1.165) is 28.1 Å². The molecule has 0 bridgehead atoms. The number of halogens is 3. The lowest BCUT2D eigenvalue weighted by Gasteiger charge is -2.07. The highest BCUT2D eigenvalue weighted by molar-refractivity contribution is 9.10. The maximum Gasteiger partial charge on any atom is 0.234 e. The van der Waals surface area contributed by atoms with E-state index in [0.29, 0.717) is 15.6 Å². The van der Waals surface area contributed by atoms with Crippen LogP contribution in [-0.4, -0.2) is 21.2 Å². The van der Waals surface area contributed by atoms with Crippen LogP contribution in [-0.2, 0) is 4.79 Å². The van der Waals surface area contributed by atoms with Gasteiger partial charge in [-0.05, 0) is 51.7 Å². The van der Waals surface area contributed by atoms with Gasteiger partial charge in [-0.25, -0.2) is 8.78 Å². The summed E-state index contributed by atoms with van der Waals surface area (Å²) in [4.78, 5) is 12.1. The number of aromatic nitrogens is 2. The third-order valence-corrected chi connectivity index (χ3v) is 5.78. The second-order valence-electron chi connectivity index (χ2n) is 4.85. The Morgan fingerprint density at radius 3 is 2.80 bits per heavy atom. The number of amides is 1. The van der Waals surface area contributed by atoms with Crippen molar-refractivity contribution in [3.63, 3.8) is 0 Å². The van der Waals surface area contributed by atoms with Crippen LogP contribution in [0.3, 0.4) is 0 Å². The zero-order valence-corrected chi connectivity index (χ0v) is 15.7. The lowest BCUT2D eigenvalue weighted by Crippen LogP contribution is -2.14. The molecule has 1 amide bonds. The van der Waals surface area contributed by atoms with Gasteiger partial charge in [0.15, 0.2) is 0 Å². The number of carbonyl (C=O) groups is 1. The van der Waals surface area contributed by atoms with Crippen LogP contribution in [0.15, 0.2) is 51.1 Å². The van der Waals surface area contributed by atoms with Crippen molar-refractivity contribution in [2.45, 2.75) is 4.21 Å². The second-order valence-corrected chi connectivity index (χ2v) is 7.70. The summed E-state index contributed by atoms with van der Waals surface area (Å²) < 4.78 is 32.2. The van der Waals surface area contributed by atoms with E-state index in [2.05, 4.69) is 30.8 Å². The number of thioether (sulfide) groups is 1. The largest absolute Gasteiger partial charge is 0.324 e. The molecule has 0 aliphatic heterocycles. The standard InChI is InChI=1S/C16H10BrF2N3OS2/c17-11-3-1-2-4-13(11)20-14(23)8-24-16-15(21-22-25-16)10-6-5-9(18)7-12(10)19/h1-7H,8H2,(H,20,23). The first-order valence-corrected chi connectivity index (χ1v) is 9.55. The Kier molecular flexibility index (Phi) is 5.77. The number of carbonyl (C=O) groups excluding carboxylic acids is 1. The van der Waals surface area contributed by atoms with E-state index in [-0.39, 0.29) is 17.2 Å². The minimum absolute atomic E-state index is 0.112. The van der Waals surface area contributed by atoms with E-state index in [1.165, 1.54) is 17.8 Å². The average Bonchev–Trinajstić information content (AvgIpc) is 3.03. The van der Waals surface area contributed by atoms with E-state index < -0.39 is 11.6 Å². The monoisotopic (exact) mass is 441 g/mol. The zero-order chi connectivity index (χ0) is 17.8. The second kappa shape index (κ2) is 8.03. The highest BCUT2D eigenvalue weighted by Crippen LogP contribution is 2.34. The maximum absolute atomic E-state index is 13.9. The Balaban J connectivity index is 1.69.